The highest BCUT2D eigenvalue weighted by molar-refractivity contribution is 6.02. The number of halogens is 6. The zero-order valence-corrected chi connectivity index (χ0v) is 20.5. The Morgan fingerprint density at radius 2 is 1.66 bits per heavy atom. The lowest BCUT2D eigenvalue weighted by atomic mass is 9.84. The SMILES string of the molecule is O=C(c1cnn(C2CCN(C(=O)CC(F)(F)F)CC2)c1C1CC1)[C@H]1NCCC1c1ccccc1C(F)(F)F. The molecule has 1 aromatic heterocycles. The highest BCUT2D eigenvalue weighted by atomic mass is 19.4. The minimum Gasteiger partial charge on any atom is -0.342 e. The highest BCUT2D eigenvalue weighted by Gasteiger charge is 2.43. The number of ketones is 1. The van der Waals surface area contributed by atoms with Gasteiger partial charge in [-0.25, -0.2) is 0 Å². The number of aromatic nitrogens is 2. The molecule has 1 aliphatic carbocycles. The molecule has 1 N–H and O–H groups in total. The van der Waals surface area contributed by atoms with Gasteiger partial charge in [-0.05, 0) is 50.3 Å². The Morgan fingerprint density at radius 3 is 2.29 bits per heavy atom. The lowest BCUT2D eigenvalue weighted by Gasteiger charge is -2.33. The molecule has 2 aromatic rings. The van der Waals surface area contributed by atoms with Crippen LogP contribution in [0.1, 0.15) is 83.6 Å². The first-order chi connectivity index (χ1) is 17.9. The molecule has 6 nitrogen and oxygen atoms in total. The average Bonchev–Trinajstić information content (AvgIpc) is 3.40. The second-order valence-electron chi connectivity index (χ2n) is 10.3. The van der Waals surface area contributed by atoms with Crippen molar-refractivity contribution in [2.45, 2.75) is 74.8 Å². The van der Waals surface area contributed by atoms with Gasteiger partial charge in [0.2, 0.25) is 5.91 Å². The van der Waals surface area contributed by atoms with Crippen molar-refractivity contribution in [3.05, 3.63) is 52.8 Å². The predicted octanol–water partition coefficient (Wildman–Crippen LogP) is 5.22. The number of likely N-dealkylation sites (tertiary alicyclic amines) is 1. The molecule has 0 spiro atoms. The number of hydrogen-bond acceptors (Lipinski definition) is 4. The van der Waals surface area contributed by atoms with Crippen molar-refractivity contribution in [3.8, 4) is 0 Å². The van der Waals surface area contributed by atoms with Crippen molar-refractivity contribution in [2.75, 3.05) is 19.6 Å². The standard InChI is InChI=1S/C26H28F6N4O2/c27-25(28,29)13-21(37)35-11-8-16(9-12-35)36-23(15-5-6-15)19(14-34-36)24(38)22-18(7-10-33-22)17-3-1-2-4-20(17)26(30,31)32/h1-4,14-16,18,22,33H,5-13H2/t18?,22-/m0/s1. The van der Waals surface area contributed by atoms with E-state index in [-0.39, 0.29) is 36.4 Å². The third kappa shape index (κ3) is 5.45. The van der Waals surface area contributed by atoms with Crippen molar-refractivity contribution >= 4 is 11.7 Å². The van der Waals surface area contributed by atoms with Crippen LogP contribution in [0.3, 0.4) is 0 Å². The number of benzene rings is 1. The Bertz CT molecular complexity index is 1200. The van der Waals surface area contributed by atoms with Crippen molar-refractivity contribution in [2.24, 2.45) is 0 Å². The predicted molar refractivity (Wildman–Crippen MR) is 125 cm³/mol. The molecule has 2 aliphatic heterocycles. The van der Waals surface area contributed by atoms with Gasteiger partial charge in [-0.1, -0.05) is 18.2 Å². The topological polar surface area (TPSA) is 67.2 Å². The van der Waals surface area contributed by atoms with Gasteiger partial charge in [-0.2, -0.15) is 31.4 Å². The minimum absolute atomic E-state index is 0.0969. The number of amides is 1. The summed E-state index contributed by atoms with van der Waals surface area (Å²) < 4.78 is 80.7. The molecule has 1 unspecified atom stereocenters. The molecule has 0 bridgehead atoms. The first kappa shape index (κ1) is 26.7. The molecular weight excluding hydrogens is 514 g/mol. The van der Waals surface area contributed by atoms with Crippen LogP contribution in [0.2, 0.25) is 0 Å². The van der Waals surface area contributed by atoms with E-state index in [0.29, 0.717) is 31.4 Å². The minimum atomic E-state index is -4.56. The third-order valence-corrected chi connectivity index (χ3v) is 7.75. The monoisotopic (exact) mass is 542 g/mol. The number of hydrogen-bond donors (Lipinski definition) is 1. The van der Waals surface area contributed by atoms with Crippen LogP contribution in [0.15, 0.2) is 30.5 Å². The van der Waals surface area contributed by atoms with E-state index in [4.69, 9.17) is 0 Å². The van der Waals surface area contributed by atoms with E-state index in [1.165, 1.54) is 23.2 Å². The van der Waals surface area contributed by atoms with E-state index in [0.717, 1.165) is 24.6 Å². The number of nitrogens with zero attached hydrogens (tertiary/aromatic N) is 3. The van der Waals surface area contributed by atoms with Crippen molar-refractivity contribution in [1.82, 2.24) is 20.0 Å². The van der Waals surface area contributed by atoms with Gasteiger partial charge < -0.3 is 10.2 Å². The molecule has 1 saturated carbocycles. The molecule has 0 radical (unpaired) electrons. The molecule has 5 rings (SSSR count). The second kappa shape index (κ2) is 10.0. The molecule has 3 heterocycles. The summed E-state index contributed by atoms with van der Waals surface area (Å²) in [6.07, 6.45) is -6.20. The molecular formula is C26H28F6N4O2. The van der Waals surface area contributed by atoms with Crippen LogP contribution in [-0.2, 0) is 11.0 Å². The van der Waals surface area contributed by atoms with E-state index >= 15 is 0 Å². The fourth-order valence-electron chi connectivity index (χ4n) is 5.82. The lowest BCUT2D eigenvalue weighted by Crippen LogP contribution is -2.41. The van der Waals surface area contributed by atoms with E-state index < -0.39 is 42.2 Å². The first-order valence-corrected chi connectivity index (χ1v) is 12.8. The Kier molecular flexibility index (Phi) is 7.04. The van der Waals surface area contributed by atoms with Gasteiger partial charge in [0.25, 0.3) is 0 Å². The summed E-state index contributed by atoms with van der Waals surface area (Å²) in [5.41, 5.74) is 0.486. The summed E-state index contributed by atoms with van der Waals surface area (Å²) in [5, 5.41) is 7.59. The molecule has 2 atom stereocenters. The number of Topliss-reactive ketones (excluding diaryl/α,β-unsaturated/α-hetero) is 1. The average molecular weight is 543 g/mol. The van der Waals surface area contributed by atoms with Gasteiger partial charge in [0, 0.05) is 24.9 Å². The van der Waals surface area contributed by atoms with Crippen LogP contribution in [0.25, 0.3) is 0 Å². The summed E-state index contributed by atoms with van der Waals surface area (Å²) in [6.45, 7) is 0.727. The smallest absolute Gasteiger partial charge is 0.342 e. The molecule has 2 saturated heterocycles. The Balaban J connectivity index is 1.36. The molecule has 1 amide bonds. The maximum Gasteiger partial charge on any atom is 0.416 e. The van der Waals surface area contributed by atoms with Crippen LogP contribution < -0.4 is 5.32 Å². The van der Waals surface area contributed by atoms with Crippen LogP contribution in [0, 0.1) is 0 Å². The third-order valence-electron chi connectivity index (χ3n) is 7.75. The van der Waals surface area contributed by atoms with Crippen molar-refractivity contribution in [3.63, 3.8) is 0 Å². The maximum absolute atomic E-state index is 13.8. The van der Waals surface area contributed by atoms with E-state index in [1.54, 1.807) is 10.7 Å². The van der Waals surface area contributed by atoms with Gasteiger partial charge in [0.15, 0.2) is 5.78 Å². The van der Waals surface area contributed by atoms with Crippen LogP contribution in [-0.4, -0.2) is 58.2 Å². The summed E-state index contributed by atoms with van der Waals surface area (Å²) in [4.78, 5) is 26.9. The quantitative estimate of drug-likeness (QED) is 0.402. The summed E-state index contributed by atoms with van der Waals surface area (Å²) in [5.74, 6) is -1.79. The zero-order valence-electron chi connectivity index (χ0n) is 20.5. The zero-order chi connectivity index (χ0) is 27.2. The maximum atomic E-state index is 13.8. The Hall–Kier alpha value is -2.89. The van der Waals surface area contributed by atoms with Gasteiger partial charge in [-0.15, -0.1) is 0 Å². The van der Waals surface area contributed by atoms with Gasteiger partial charge in [-0.3, -0.25) is 14.3 Å². The first-order valence-electron chi connectivity index (χ1n) is 12.8. The van der Waals surface area contributed by atoms with E-state index in [9.17, 15) is 35.9 Å². The molecule has 3 aliphatic rings. The fourth-order valence-corrected chi connectivity index (χ4v) is 5.82. The summed E-state index contributed by atoms with van der Waals surface area (Å²) in [6, 6.07) is 4.34. The van der Waals surface area contributed by atoms with Crippen molar-refractivity contribution in [1.29, 1.82) is 0 Å². The number of rotatable bonds is 6. The number of alkyl halides is 6. The van der Waals surface area contributed by atoms with Gasteiger partial charge >= 0.3 is 12.4 Å². The molecule has 3 fully saturated rings. The number of piperidine rings is 1. The molecule has 206 valence electrons. The number of nitrogens with one attached hydrogen (secondary N) is 1. The van der Waals surface area contributed by atoms with Gasteiger partial charge in [0.1, 0.15) is 6.42 Å². The number of carbonyl (C=O) groups is 2. The van der Waals surface area contributed by atoms with Crippen molar-refractivity contribution < 1.29 is 35.9 Å². The Morgan fingerprint density at radius 1 is 0.974 bits per heavy atom. The lowest BCUT2D eigenvalue weighted by molar-refractivity contribution is -0.162. The number of carbonyl (C=O) groups excluding carboxylic acids is 2. The van der Waals surface area contributed by atoms with Crippen LogP contribution in [0.5, 0.6) is 0 Å². The Labute approximate surface area is 215 Å². The summed E-state index contributed by atoms with van der Waals surface area (Å²) in [7, 11) is 0. The molecule has 12 heteroatoms. The highest BCUT2D eigenvalue weighted by Crippen LogP contribution is 2.45. The fraction of sp³-hybridized carbons (Fsp3) is 0.577. The van der Waals surface area contributed by atoms with Gasteiger partial charge in [0.05, 0.1) is 35.1 Å². The molecule has 1 aromatic carbocycles. The second-order valence-corrected chi connectivity index (χ2v) is 10.3. The van der Waals surface area contributed by atoms with E-state index in [2.05, 4.69) is 10.4 Å². The molecule has 38 heavy (non-hydrogen) atoms. The normalized spacial score (nSPS) is 23.2. The van der Waals surface area contributed by atoms with E-state index in [1.807, 2.05) is 0 Å². The summed E-state index contributed by atoms with van der Waals surface area (Å²) >= 11 is 0. The van der Waals surface area contributed by atoms with Crippen LogP contribution in [0.4, 0.5) is 26.3 Å². The largest absolute Gasteiger partial charge is 0.416 e. The van der Waals surface area contributed by atoms with Crippen LogP contribution >= 0.6 is 0 Å².